The lowest BCUT2D eigenvalue weighted by Gasteiger charge is -2.19. The summed E-state index contributed by atoms with van der Waals surface area (Å²) in [6.07, 6.45) is 0.0393. The molecule has 6 heteroatoms. The first-order valence-corrected chi connectivity index (χ1v) is 9.04. The highest BCUT2D eigenvalue weighted by Crippen LogP contribution is 2.38. The lowest BCUT2D eigenvalue weighted by Crippen LogP contribution is -2.16. The van der Waals surface area contributed by atoms with Gasteiger partial charge in [0.05, 0.1) is 20.1 Å². The molecule has 0 saturated heterocycles. The van der Waals surface area contributed by atoms with Gasteiger partial charge < -0.3 is 9.47 Å². The fourth-order valence-electron chi connectivity index (χ4n) is 2.30. The van der Waals surface area contributed by atoms with Crippen molar-refractivity contribution in [1.29, 1.82) is 0 Å². The van der Waals surface area contributed by atoms with Gasteiger partial charge in [-0.3, -0.25) is 9.59 Å². The standard InChI is InChI=1S/C19H19ClO4S/c1-3-24-19(22)18(25-15-7-5-4-6-8-15)16-10-9-14(20)11-13(16)12-17(21)23-2/h4-11,18H,3,12H2,1-2H3/t18-/m1/s1. The van der Waals surface area contributed by atoms with Crippen LogP contribution < -0.4 is 0 Å². The van der Waals surface area contributed by atoms with Gasteiger partial charge in [0, 0.05) is 9.92 Å². The molecule has 0 spiro atoms. The van der Waals surface area contributed by atoms with Crippen LogP contribution in [0.4, 0.5) is 0 Å². The van der Waals surface area contributed by atoms with E-state index in [-0.39, 0.29) is 19.0 Å². The second-order valence-corrected chi connectivity index (χ2v) is 6.77. The van der Waals surface area contributed by atoms with Gasteiger partial charge >= 0.3 is 11.9 Å². The van der Waals surface area contributed by atoms with Crippen LogP contribution in [0.15, 0.2) is 53.4 Å². The molecule has 0 aliphatic heterocycles. The van der Waals surface area contributed by atoms with Crippen molar-refractivity contribution < 1.29 is 19.1 Å². The molecule has 0 N–H and O–H groups in total. The van der Waals surface area contributed by atoms with Gasteiger partial charge in [0.25, 0.3) is 0 Å². The Bertz CT molecular complexity index is 733. The molecule has 2 aromatic rings. The SMILES string of the molecule is CCOC(=O)[C@H](Sc1ccccc1)c1ccc(Cl)cc1CC(=O)OC. The normalized spacial score (nSPS) is 11.6. The van der Waals surface area contributed by atoms with Crippen molar-refractivity contribution >= 4 is 35.3 Å². The van der Waals surface area contributed by atoms with Gasteiger partial charge in [-0.05, 0) is 42.3 Å². The Morgan fingerprint density at radius 1 is 1.16 bits per heavy atom. The minimum Gasteiger partial charge on any atom is -0.469 e. The monoisotopic (exact) mass is 378 g/mol. The number of ether oxygens (including phenoxy) is 2. The minimum atomic E-state index is -0.598. The summed E-state index contributed by atoms with van der Waals surface area (Å²) in [6.45, 7) is 2.05. The topological polar surface area (TPSA) is 52.6 Å². The second-order valence-electron chi connectivity index (χ2n) is 5.16. The number of halogens is 1. The maximum Gasteiger partial charge on any atom is 0.323 e. The number of rotatable bonds is 7. The summed E-state index contributed by atoms with van der Waals surface area (Å²) in [5, 5.41) is -0.103. The number of hydrogen-bond donors (Lipinski definition) is 0. The zero-order chi connectivity index (χ0) is 18.2. The van der Waals surface area contributed by atoms with Crippen molar-refractivity contribution in [2.24, 2.45) is 0 Å². The Labute approximate surface area is 156 Å². The Kier molecular flexibility index (Phi) is 7.34. The average molecular weight is 379 g/mol. The molecule has 0 fully saturated rings. The molecule has 132 valence electrons. The van der Waals surface area contributed by atoms with Gasteiger partial charge in [0.1, 0.15) is 5.25 Å². The Morgan fingerprint density at radius 3 is 2.52 bits per heavy atom. The summed E-state index contributed by atoms with van der Waals surface area (Å²) in [4.78, 5) is 25.2. The largest absolute Gasteiger partial charge is 0.469 e. The van der Waals surface area contributed by atoms with Crippen LogP contribution >= 0.6 is 23.4 Å². The lowest BCUT2D eigenvalue weighted by molar-refractivity contribution is -0.143. The van der Waals surface area contributed by atoms with Crippen LogP contribution in [0.5, 0.6) is 0 Å². The molecule has 0 aliphatic rings. The van der Waals surface area contributed by atoms with Crippen molar-refractivity contribution in [2.75, 3.05) is 13.7 Å². The molecule has 4 nitrogen and oxygen atoms in total. The fraction of sp³-hybridized carbons (Fsp3) is 0.263. The Balaban J connectivity index is 2.42. The van der Waals surface area contributed by atoms with Gasteiger partial charge in [0.15, 0.2) is 0 Å². The third kappa shape index (κ3) is 5.51. The van der Waals surface area contributed by atoms with Crippen LogP contribution in [0.25, 0.3) is 0 Å². The number of thioether (sulfide) groups is 1. The molecular formula is C19H19ClO4S. The predicted octanol–water partition coefficient (Wildman–Crippen LogP) is 4.45. The van der Waals surface area contributed by atoms with Crippen molar-refractivity contribution in [3.8, 4) is 0 Å². The number of carbonyl (C=O) groups excluding carboxylic acids is 2. The van der Waals surface area contributed by atoms with Crippen molar-refractivity contribution in [1.82, 2.24) is 0 Å². The molecule has 0 aliphatic carbocycles. The molecule has 1 atom stereocenters. The minimum absolute atomic E-state index is 0.0393. The van der Waals surface area contributed by atoms with Gasteiger partial charge in [0.2, 0.25) is 0 Å². The van der Waals surface area contributed by atoms with Crippen molar-refractivity contribution in [3.63, 3.8) is 0 Å². The number of methoxy groups -OCH3 is 1. The number of hydrogen-bond acceptors (Lipinski definition) is 5. The molecule has 0 bridgehead atoms. The highest BCUT2D eigenvalue weighted by Gasteiger charge is 2.26. The first-order chi connectivity index (χ1) is 12.0. The third-order valence-electron chi connectivity index (χ3n) is 3.45. The van der Waals surface area contributed by atoms with Gasteiger partial charge in [-0.2, -0.15) is 0 Å². The van der Waals surface area contributed by atoms with E-state index >= 15 is 0 Å². The maximum atomic E-state index is 12.5. The molecule has 0 radical (unpaired) electrons. The van der Waals surface area contributed by atoms with Crippen molar-refractivity contribution in [2.45, 2.75) is 23.5 Å². The van der Waals surface area contributed by atoms with E-state index in [0.717, 1.165) is 4.90 Å². The summed E-state index contributed by atoms with van der Waals surface area (Å²) in [7, 11) is 1.33. The van der Waals surface area contributed by atoms with Gasteiger partial charge in [-0.1, -0.05) is 35.9 Å². The second kappa shape index (κ2) is 9.49. The van der Waals surface area contributed by atoms with E-state index in [0.29, 0.717) is 16.1 Å². The molecule has 2 rings (SSSR count). The summed E-state index contributed by atoms with van der Waals surface area (Å²) >= 11 is 7.45. The predicted molar refractivity (Wildman–Crippen MR) is 98.8 cm³/mol. The molecular weight excluding hydrogens is 360 g/mol. The van der Waals surface area contributed by atoms with Gasteiger partial charge in [-0.25, -0.2) is 0 Å². The van der Waals surface area contributed by atoms with Crippen molar-refractivity contribution in [3.05, 3.63) is 64.7 Å². The van der Waals surface area contributed by atoms with E-state index in [4.69, 9.17) is 21.1 Å². The first-order valence-electron chi connectivity index (χ1n) is 7.78. The molecule has 0 amide bonds. The van der Waals surface area contributed by atoms with Crippen LogP contribution in [0.2, 0.25) is 5.02 Å². The van der Waals surface area contributed by atoms with Crippen LogP contribution in [-0.2, 0) is 25.5 Å². The van der Waals surface area contributed by atoms with E-state index in [1.165, 1.54) is 18.9 Å². The van der Waals surface area contributed by atoms with E-state index in [9.17, 15) is 9.59 Å². The van der Waals surface area contributed by atoms with E-state index in [1.807, 2.05) is 30.3 Å². The third-order valence-corrected chi connectivity index (χ3v) is 4.91. The van der Waals surface area contributed by atoms with Gasteiger partial charge in [-0.15, -0.1) is 11.8 Å². The Hall–Kier alpha value is -1.98. The zero-order valence-corrected chi connectivity index (χ0v) is 15.6. The molecule has 0 aromatic heterocycles. The van der Waals surface area contributed by atoms with Crippen LogP contribution in [-0.4, -0.2) is 25.7 Å². The number of esters is 2. The van der Waals surface area contributed by atoms with Crippen LogP contribution in [0.1, 0.15) is 23.3 Å². The zero-order valence-electron chi connectivity index (χ0n) is 14.0. The fourth-order valence-corrected chi connectivity index (χ4v) is 3.60. The molecule has 25 heavy (non-hydrogen) atoms. The average Bonchev–Trinajstić information content (AvgIpc) is 2.61. The number of carbonyl (C=O) groups is 2. The first kappa shape index (κ1) is 19.3. The lowest BCUT2D eigenvalue weighted by atomic mass is 10.0. The van der Waals surface area contributed by atoms with Crippen LogP contribution in [0, 0.1) is 0 Å². The molecule has 2 aromatic carbocycles. The van der Waals surface area contributed by atoms with E-state index in [1.54, 1.807) is 25.1 Å². The smallest absolute Gasteiger partial charge is 0.323 e. The quantitative estimate of drug-likeness (QED) is 0.526. The van der Waals surface area contributed by atoms with E-state index in [2.05, 4.69) is 0 Å². The summed E-state index contributed by atoms with van der Waals surface area (Å²) < 4.78 is 9.99. The molecule has 0 unspecified atom stereocenters. The highest BCUT2D eigenvalue weighted by molar-refractivity contribution is 8.00. The van der Waals surface area contributed by atoms with Crippen LogP contribution in [0.3, 0.4) is 0 Å². The maximum absolute atomic E-state index is 12.5. The Morgan fingerprint density at radius 2 is 1.88 bits per heavy atom. The highest BCUT2D eigenvalue weighted by atomic mass is 35.5. The molecule has 0 heterocycles. The summed E-state index contributed by atoms with van der Waals surface area (Å²) in [6, 6.07) is 14.7. The number of benzene rings is 2. The molecule has 0 saturated carbocycles. The summed E-state index contributed by atoms with van der Waals surface area (Å²) in [5.74, 6) is -0.749. The summed E-state index contributed by atoms with van der Waals surface area (Å²) in [5.41, 5.74) is 1.35. The van der Waals surface area contributed by atoms with E-state index < -0.39 is 11.2 Å².